The highest BCUT2D eigenvalue weighted by Crippen LogP contribution is 2.48. The molecule has 2 saturated heterocycles. The highest BCUT2D eigenvalue weighted by Gasteiger charge is 2.47. The highest BCUT2D eigenvalue weighted by atomic mass is 35.5. The topological polar surface area (TPSA) is 281 Å². The number of nitrogens with zero attached hydrogens (tertiary/aromatic N) is 2. The number of aliphatic hydroxyl groups is 8. The average Bonchev–Trinajstić information content (AvgIpc) is 4.01. The second kappa shape index (κ2) is 24.1. The summed E-state index contributed by atoms with van der Waals surface area (Å²) in [5, 5.41) is 91.9. The van der Waals surface area contributed by atoms with E-state index >= 15 is 0 Å². The van der Waals surface area contributed by atoms with Crippen molar-refractivity contribution in [1.82, 2.24) is 5.32 Å². The molecular formula is C56H62Cl2N4O15. The van der Waals surface area contributed by atoms with Crippen LogP contribution in [0.3, 0.4) is 0 Å². The number of halogens is 2. The summed E-state index contributed by atoms with van der Waals surface area (Å²) in [5.74, 6) is -0.961. The van der Waals surface area contributed by atoms with Crippen LogP contribution in [-0.2, 0) is 23.9 Å². The van der Waals surface area contributed by atoms with Crippen LogP contribution in [-0.4, -0.2) is 171 Å². The normalized spacial score (nSPS) is 27.2. The van der Waals surface area contributed by atoms with Gasteiger partial charge in [0.05, 0.1) is 24.6 Å². The largest absolute Gasteiger partial charge is 0.461 e. The summed E-state index contributed by atoms with van der Waals surface area (Å²) in [6.45, 7) is 3.46. The molecule has 0 spiro atoms. The Morgan fingerprint density at radius 1 is 0.649 bits per heavy atom. The lowest BCUT2D eigenvalue weighted by atomic mass is 9.95. The van der Waals surface area contributed by atoms with E-state index in [1.54, 1.807) is 76.5 Å². The molecule has 10 N–H and O–H groups in total. The van der Waals surface area contributed by atoms with Crippen molar-refractivity contribution in [3.63, 3.8) is 0 Å². The number of carbonyl (C=O) groups is 3. The van der Waals surface area contributed by atoms with Crippen LogP contribution < -0.4 is 29.9 Å². The number of benzene rings is 5. The maximum absolute atomic E-state index is 14.4. The molecule has 0 radical (unpaired) electrons. The summed E-state index contributed by atoms with van der Waals surface area (Å²) in [6.07, 6.45) is -9.22. The third-order valence-corrected chi connectivity index (χ3v) is 15.2. The molecule has 19 nitrogen and oxygen atoms in total. The number of hydrogen-bond donors (Lipinski definition) is 10. The molecule has 2 fully saturated rings. The summed E-state index contributed by atoms with van der Waals surface area (Å²) in [5.41, 5.74) is 3.92. The zero-order chi connectivity index (χ0) is 54.8. The molecule has 0 bridgehead atoms. The van der Waals surface area contributed by atoms with Crippen molar-refractivity contribution in [3.8, 4) is 11.5 Å². The van der Waals surface area contributed by atoms with Gasteiger partial charge >= 0.3 is 0 Å². The van der Waals surface area contributed by atoms with E-state index in [0.29, 0.717) is 45.5 Å². The van der Waals surface area contributed by atoms with Gasteiger partial charge in [0.25, 0.3) is 11.8 Å². The van der Waals surface area contributed by atoms with Crippen molar-refractivity contribution in [2.75, 3.05) is 59.7 Å². The Kier molecular flexibility index (Phi) is 17.5. The first-order chi connectivity index (χ1) is 37.0. The quantitative estimate of drug-likeness (QED) is 0.0472. The lowest BCUT2D eigenvalue weighted by molar-refractivity contribution is -0.277. The number of amides is 3. The monoisotopic (exact) mass is 1100 g/mol. The van der Waals surface area contributed by atoms with E-state index < -0.39 is 86.4 Å². The first-order valence-corrected chi connectivity index (χ1v) is 26.5. The SMILES string of the molecule is CC(C)NCCC(=O)Nc1cc(/C=C/C(=O)N2C[C@@H](CCl)c3c2cc(O[C@@H]2O[C@H](CO)[C@H](O)[C@H](O)[C@H]2O)c2ccccc32)ccc1/C=C/C(=O)N1C[C@@H](CCl)c2c1cc(O[C@@H]1O[C@H](CO)[C@H](O)[C@H](O)[C@H]1O)c1ccccc21. The number of hydrogen-bond acceptors (Lipinski definition) is 16. The molecule has 5 aromatic rings. The third kappa shape index (κ3) is 11.4. The van der Waals surface area contributed by atoms with Gasteiger partial charge in [0.1, 0.15) is 60.3 Å². The number of alkyl halides is 2. The standard InChI is InChI=1S/C56H62Cl2N4O15/c1-28(2)59-18-17-44(65)60-37-19-29(12-15-45(66)61-24-31(22-57)47-35-9-5-3-7-33(35)40(20-38(47)61)74-55-53(72)51(70)49(68)42(26-63)76-55)11-13-30(37)14-16-46(67)62-25-32(23-58)48-36-10-6-4-8-34(36)41(21-39(48)62)75-56-54(73)52(71)50(69)43(27-64)77-56/h3-16,19-21,28,31-32,42-43,49-56,59,63-64,68-73H,17-18,22-27H2,1-2H3,(H,60,65)/b15-12+,16-14+/t31-,32-,42-,43-,49+,50+,51+,52+,53-,54-,55-,56-/m1/s1. The van der Waals surface area contributed by atoms with Crippen LogP contribution in [0.15, 0.2) is 91.0 Å². The molecule has 0 aromatic heterocycles. The molecule has 3 amide bonds. The minimum atomic E-state index is -1.68. The van der Waals surface area contributed by atoms with Gasteiger partial charge in [-0.05, 0) is 51.2 Å². The molecular weight excluding hydrogens is 1040 g/mol. The number of ether oxygens (including phenoxy) is 4. The van der Waals surface area contributed by atoms with Crippen molar-refractivity contribution >= 4 is 91.7 Å². The van der Waals surface area contributed by atoms with Gasteiger partial charge in [0.2, 0.25) is 18.5 Å². The highest BCUT2D eigenvalue weighted by molar-refractivity contribution is 6.20. The Morgan fingerprint density at radius 3 is 1.57 bits per heavy atom. The molecule has 21 heteroatoms. The van der Waals surface area contributed by atoms with Crippen LogP contribution >= 0.6 is 23.2 Å². The minimum Gasteiger partial charge on any atom is -0.461 e. The number of anilines is 3. The van der Waals surface area contributed by atoms with Crippen LogP contribution in [0.5, 0.6) is 11.5 Å². The summed E-state index contributed by atoms with van der Waals surface area (Å²) < 4.78 is 23.7. The van der Waals surface area contributed by atoms with Gasteiger partial charge in [-0.2, -0.15) is 0 Å². The summed E-state index contributed by atoms with van der Waals surface area (Å²) >= 11 is 13.1. The second-order valence-corrected chi connectivity index (χ2v) is 20.5. The number of rotatable bonds is 17. The van der Waals surface area contributed by atoms with Gasteiger partial charge in [0.15, 0.2) is 0 Å². The van der Waals surface area contributed by atoms with Gasteiger partial charge in [-0.1, -0.05) is 74.5 Å². The van der Waals surface area contributed by atoms with Crippen LogP contribution in [0.1, 0.15) is 54.4 Å². The van der Waals surface area contributed by atoms with Crippen LogP contribution in [0.4, 0.5) is 17.1 Å². The van der Waals surface area contributed by atoms with Crippen molar-refractivity contribution in [2.24, 2.45) is 0 Å². The fourth-order valence-electron chi connectivity index (χ4n) is 10.4. The second-order valence-electron chi connectivity index (χ2n) is 19.9. The van der Waals surface area contributed by atoms with E-state index in [1.807, 2.05) is 38.1 Å². The molecule has 4 heterocycles. The molecule has 0 saturated carbocycles. The zero-order valence-corrected chi connectivity index (χ0v) is 43.6. The zero-order valence-electron chi connectivity index (χ0n) is 42.1. The first kappa shape index (κ1) is 56.0. The van der Waals surface area contributed by atoms with Crippen LogP contribution in [0, 0.1) is 0 Å². The molecule has 410 valence electrons. The number of nitrogens with one attached hydrogen (secondary N) is 2. The summed E-state index contributed by atoms with van der Waals surface area (Å²) in [7, 11) is 0. The molecule has 12 atom stereocenters. The van der Waals surface area contributed by atoms with E-state index in [4.69, 9.17) is 42.1 Å². The van der Waals surface area contributed by atoms with Gasteiger partial charge in [-0.15, -0.1) is 23.2 Å². The Morgan fingerprint density at radius 2 is 1.12 bits per heavy atom. The Labute approximate surface area is 453 Å². The maximum atomic E-state index is 14.4. The van der Waals surface area contributed by atoms with E-state index in [0.717, 1.165) is 21.9 Å². The van der Waals surface area contributed by atoms with Gasteiger partial charge in [-0.3, -0.25) is 14.4 Å². The van der Waals surface area contributed by atoms with E-state index in [2.05, 4.69) is 10.6 Å². The maximum Gasteiger partial charge on any atom is 0.251 e. The smallest absolute Gasteiger partial charge is 0.251 e. The Balaban J connectivity index is 0.995. The van der Waals surface area contributed by atoms with E-state index in [-0.39, 0.29) is 66.6 Å². The number of fused-ring (bicyclic) bond motifs is 6. The Hall–Kier alpha value is -5.75. The Bertz CT molecular complexity index is 3050. The third-order valence-electron chi connectivity index (χ3n) is 14.4. The van der Waals surface area contributed by atoms with Crippen molar-refractivity contribution in [2.45, 2.75) is 99.6 Å². The number of aliphatic hydroxyl groups excluding tert-OH is 8. The predicted octanol–water partition coefficient (Wildman–Crippen LogP) is 3.44. The fourth-order valence-corrected chi connectivity index (χ4v) is 10.9. The van der Waals surface area contributed by atoms with Crippen LogP contribution in [0.2, 0.25) is 0 Å². The van der Waals surface area contributed by atoms with E-state index in [9.17, 15) is 55.2 Å². The van der Waals surface area contributed by atoms with E-state index in [1.165, 1.54) is 12.2 Å². The number of carbonyl (C=O) groups excluding carboxylic acids is 3. The summed E-state index contributed by atoms with van der Waals surface area (Å²) in [6, 6.07) is 23.1. The molecule has 0 unspecified atom stereocenters. The molecule has 4 aliphatic rings. The molecule has 9 rings (SSSR count). The van der Waals surface area contributed by atoms with Gasteiger partial charge in [-0.25, -0.2) is 0 Å². The van der Waals surface area contributed by atoms with Crippen molar-refractivity contribution < 1.29 is 74.2 Å². The van der Waals surface area contributed by atoms with Gasteiger partial charge < -0.3 is 80.2 Å². The van der Waals surface area contributed by atoms with Crippen molar-refractivity contribution in [3.05, 3.63) is 113 Å². The van der Waals surface area contributed by atoms with Crippen LogP contribution in [0.25, 0.3) is 33.7 Å². The first-order valence-electron chi connectivity index (χ1n) is 25.4. The molecule has 5 aromatic carbocycles. The van der Waals surface area contributed by atoms with Crippen molar-refractivity contribution in [1.29, 1.82) is 0 Å². The molecule has 4 aliphatic heterocycles. The predicted molar refractivity (Wildman–Crippen MR) is 289 cm³/mol. The average molecular weight is 1100 g/mol. The molecule has 0 aliphatic carbocycles. The fraction of sp³-hybridized carbons (Fsp3) is 0.411. The summed E-state index contributed by atoms with van der Waals surface area (Å²) in [4.78, 5) is 45.2. The van der Waals surface area contributed by atoms with Gasteiger partial charge in [0, 0.05) is 96.4 Å². The lowest BCUT2D eigenvalue weighted by Crippen LogP contribution is -2.60. The minimum absolute atomic E-state index is 0.136. The lowest BCUT2D eigenvalue weighted by Gasteiger charge is -2.39. The molecule has 77 heavy (non-hydrogen) atoms.